The lowest BCUT2D eigenvalue weighted by molar-refractivity contribution is -0.181. The van der Waals surface area contributed by atoms with Crippen LogP contribution in [0.1, 0.15) is 32.6 Å². The van der Waals surface area contributed by atoms with Crippen LogP contribution in [0.5, 0.6) is 0 Å². The Morgan fingerprint density at radius 2 is 1.74 bits per heavy atom. The maximum atomic E-state index is 12.9. The summed E-state index contributed by atoms with van der Waals surface area (Å²) in [5.74, 6) is 0.548. The highest BCUT2D eigenvalue weighted by atomic mass is 127. The molecular weight excluding hydrogens is 474 g/mol. The van der Waals surface area contributed by atoms with E-state index in [0.717, 1.165) is 12.8 Å². The lowest BCUT2D eigenvalue weighted by Crippen LogP contribution is -2.57. The number of likely N-dealkylation sites (N-methyl/N-ethyl adjacent to an activating group) is 1. The third-order valence-electron chi connectivity index (χ3n) is 5.19. The van der Waals surface area contributed by atoms with Crippen molar-refractivity contribution in [1.29, 1.82) is 0 Å². The summed E-state index contributed by atoms with van der Waals surface area (Å²) in [5.41, 5.74) is 0. The van der Waals surface area contributed by atoms with E-state index >= 15 is 0 Å². The highest BCUT2D eigenvalue weighted by Gasteiger charge is 2.41. The molecule has 0 spiro atoms. The monoisotopic (exact) mass is 505 g/mol. The van der Waals surface area contributed by atoms with Crippen molar-refractivity contribution in [2.24, 2.45) is 4.99 Å². The minimum absolute atomic E-state index is 0. The molecule has 6 nitrogen and oxygen atoms in total. The zero-order valence-corrected chi connectivity index (χ0v) is 18.6. The number of halogens is 4. The zero-order chi connectivity index (χ0) is 19.3. The summed E-state index contributed by atoms with van der Waals surface area (Å²) in [4.78, 5) is 21.2. The first kappa shape index (κ1) is 24.3. The van der Waals surface area contributed by atoms with Crippen molar-refractivity contribution >= 4 is 35.8 Å². The molecule has 1 saturated carbocycles. The van der Waals surface area contributed by atoms with E-state index < -0.39 is 12.2 Å². The molecule has 1 aliphatic carbocycles. The normalized spacial score (nSPS) is 21.0. The maximum Gasteiger partial charge on any atom is 0.403 e. The van der Waals surface area contributed by atoms with E-state index in [1.54, 1.807) is 14.1 Å². The number of hydrogen-bond donors (Lipinski definition) is 1. The summed E-state index contributed by atoms with van der Waals surface area (Å²) in [6.07, 6.45) is 0.244. The van der Waals surface area contributed by atoms with Gasteiger partial charge in [0.15, 0.2) is 5.96 Å². The third-order valence-corrected chi connectivity index (χ3v) is 5.19. The van der Waals surface area contributed by atoms with Crippen molar-refractivity contribution in [1.82, 2.24) is 20.0 Å². The second-order valence-electron chi connectivity index (χ2n) is 7.29. The number of alkyl halides is 3. The van der Waals surface area contributed by atoms with Gasteiger partial charge in [0, 0.05) is 46.3 Å². The molecule has 158 valence electrons. The third kappa shape index (κ3) is 7.28. The first-order valence-corrected chi connectivity index (χ1v) is 9.25. The van der Waals surface area contributed by atoms with Crippen LogP contribution in [0.3, 0.4) is 0 Å². The maximum absolute atomic E-state index is 12.9. The number of aliphatic imine (C=N–C) groups is 1. The minimum Gasteiger partial charge on any atom is -0.353 e. The summed E-state index contributed by atoms with van der Waals surface area (Å²) in [7, 11) is 3.36. The molecule has 2 rings (SSSR count). The molecule has 10 heteroatoms. The second-order valence-corrected chi connectivity index (χ2v) is 7.29. The van der Waals surface area contributed by atoms with Gasteiger partial charge in [-0.3, -0.25) is 9.69 Å². The van der Waals surface area contributed by atoms with E-state index in [-0.39, 0.29) is 36.4 Å². The molecule has 0 bridgehead atoms. The van der Waals surface area contributed by atoms with E-state index in [2.05, 4.69) is 10.3 Å². The molecule has 0 radical (unpaired) electrons. The first-order valence-electron chi connectivity index (χ1n) is 9.25. The molecule has 1 atom stereocenters. The van der Waals surface area contributed by atoms with E-state index in [0.29, 0.717) is 38.2 Å². The smallest absolute Gasteiger partial charge is 0.353 e. The molecule has 1 saturated heterocycles. The molecular formula is C17H31F3IN5O. The zero-order valence-electron chi connectivity index (χ0n) is 16.3. The van der Waals surface area contributed by atoms with Crippen molar-refractivity contribution < 1.29 is 18.0 Å². The molecule has 0 aromatic heterocycles. The fourth-order valence-electron chi connectivity index (χ4n) is 3.30. The number of nitrogens with zero attached hydrogens (tertiary/aromatic N) is 4. The van der Waals surface area contributed by atoms with Crippen molar-refractivity contribution in [2.75, 3.05) is 46.8 Å². The van der Waals surface area contributed by atoms with Gasteiger partial charge in [-0.25, -0.2) is 4.99 Å². The molecule has 2 fully saturated rings. The number of amides is 1. The Kier molecular flexibility index (Phi) is 9.59. The molecule has 2 aliphatic rings. The van der Waals surface area contributed by atoms with Gasteiger partial charge in [-0.05, 0) is 19.8 Å². The van der Waals surface area contributed by atoms with Crippen molar-refractivity contribution in [2.45, 2.75) is 50.9 Å². The largest absolute Gasteiger partial charge is 0.403 e. The number of carbonyl (C=O) groups excluding carboxylic acids is 1. The van der Waals surface area contributed by atoms with Gasteiger partial charge in [-0.15, -0.1) is 24.0 Å². The van der Waals surface area contributed by atoms with Crippen LogP contribution in [0.2, 0.25) is 0 Å². The summed E-state index contributed by atoms with van der Waals surface area (Å²) in [6.45, 7) is 2.84. The fraction of sp³-hybridized carbons (Fsp3) is 0.882. The van der Waals surface area contributed by atoms with Gasteiger partial charge < -0.3 is 15.1 Å². The Morgan fingerprint density at radius 1 is 1.19 bits per heavy atom. The fourth-order valence-corrected chi connectivity index (χ4v) is 3.30. The summed E-state index contributed by atoms with van der Waals surface area (Å²) < 4.78 is 38.7. The van der Waals surface area contributed by atoms with Crippen LogP contribution in [-0.4, -0.2) is 91.6 Å². The number of guanidine groups is 1. The molecule has 1 heterocycles. The SMILES string of the molecule is CC(N1CCN(C(=NCC(=O)N(C)C)NC2CCCC2)CC1)C(F)(F)F.I. The van der Waals surface area contributed by atoms with Crippen LogP contribution in [0, 0.1) is 0 Å². The number of carbonyl (C=O) groups is 1. The summed E-state index contributed by atoms with van der Waals surface area (Å²) >= 11 is 0. The molecule has 27 heavy (non-hydrogen) atoms. The van der Waals surface area contributed by atoms with E-state index in [4.69, 9.17) is 0 Å². The average molecular weight is 505 g/mol. The van der Waals surface area contributed by atoms with Gasteiger partial charge in [-0.1, -0.05) is 12.8 Å². The van der Waals surface area contributed by atoms with Crippen LogP contribution in [0.15, 0.2) is 4.99 Å². The van der Waals surface area contributed by atoms with Gasteiger partial charge >= 0.3 is 6.18 Å². The summed E-state index contributed by atoms with van der Waals surface area (Å²) in [6, 6.07) is -1.11. The number of rotatable bonds is 4. The lowest BCUT2D eigenvalue weighted by Gasteiger charge is -2.40. The topological polar surface area (TPSA) is 51.2 Å². The standard InChI is InChI=1S/C17H30F3N5O.HI/c1-13(17(18,19)20)24-8-10-25(11-9-24)16(21-12-15(26)23(2)3)22-14-6-4-5-7-14;/h13-14H,4-12H2,1-3H3,(H,21,22);1H. The quantitative estimate of drug-likeness (QED) is 0.362. The highest BCUT2D eigenvalue weighted by Crippen LogP contribution is 2.25. The summed E-state index contributed by atoms with van der Waals surface area (Å²) in [5, 5.41) is 3.42. The van der Waals surface area contributed by atoms with E-state index in [1.807, 2.05) is 4.90 Å². The number of nitrogens with one attached hydrogen (secondary N) is 1. The van der Waals surface area contributed by atoms with Crippen molar-refractivity contribution in [3.05, 3.63) is 0 Å². The Labute approximate surface area is 176 Å². The van der Waals surface area contributed by atoms with Crippen LogP contribution in [0.4, 0.5) is 13.2 Å². The molecule has 1 N–H and O–H groups in total. The van der Waals surface area contributed by atoms with Gasteiger partial charge in [0.25, 0.3) is 0 Å². The highest BCUT2D eigenvalue weighted by molar-refractivity contribution is 14.0. The van der Waals surface area contributed by atoms with E-state index in [1.165, 1.54) is 29.6 Å². The predicted molar refractivity (Wildman–Crippen MR) is 110 cm³/mol. The molecule has 1 amide bonds. The number of hydrogen-bond acceptors (Lipinski definition) is 3. The van der Waals surface area contributed by atoms with Crippen LogP contribution in [0.25, 0.3) is 0 Å². The van der Waals surface area contributed by atoms with Crippen molar-refractivity contribution in [3.8, 4) is 0 Å². The lowest BCUT2D eigenvalue weighted by atomic mass is 10.2. The van der Waals surface area contributed by atoms with Gasteiger partial charge in [0.2, 0.25) is 5.91 Å². The minimum atomic E-state index is -4.21. The Morgan fingerprint density at radius 3 is 2.22 bits per heavy atom. The van der Waals surface area contributed by atoms with Crippen molar-refractivity contribution in [3.63, 3.8) is 0 Å². The Bertz CT molecular complexity index is 501. The van der Waals surface area contributed by atoms with Gasteiger partial charge in [-0.2, -0.15) is 13.2 Å². The molecule has 0 aromatic rings. The number of piperazine rings is 1. The average Bonchev–Trinajstić information content (AvgIpc) is 3.10. The predicted octanol–water partition coefficient (Wildman–Crippen LogP) is 2.15. The first-order chi connectivity index (χ1) is 12.2. The van der Waals surface area contributed by atoms with Crippen LogP contribution < -0.4 is 5.32 Å². The molecule has 0 aromatic carbocycles. The molecule has 1 unspecified atom stereocenters. The van der Waals surface area contributed by atoms with Gasteiger partial charge in [0.05, 0.1) is 0 Å². The second kappa shape index (κ2) is 10.7. The molecule has 1 aliphatic heterocycles. The van der Waals surface area contributed by atoms with Crippen LogP contribution in [-0.2, 0) is 4.79 Å². The van der Waals surface area contributed by atoms with Crippen LogP contribution >= 0.6 is 24.0 Å². The Hall–Kier alpha value is -0.780. The Balaban J connectivity index is 0.00000364. The van der Waals surface area contributed by atoms with Gasteiger partial charge in [0.1, 0.15) is 12.6 Å². The van der Waals surface area contributed by atoms with E-state index in [9.17, 15) is 18.0 Å².